The van der Waals surface area contributed by atoms with Gasteiger partial charge in [-0.2, -0.15) is 0 Å². The van der Waals surface area contributed by atoms with Crippen LogP contribution in [0.4, 0.5) is 0 Å². The van der Waals surface area contributed by atoms with Crippen molar-refractivity contribution in [2.24, 2.45) is 11.7 Å². The summed E-state index contributed by atoms with van der Waals surface area (Å²) in [5.41, 5.74) is 5.01. The quantitative estimate of drug-likeness (QED) is 0.563. The number of hydrogen-bond acceptors (Lipinski definition) is 4. The van der Waals surface area contributed by atoms with E-state index in [0.29, 0.717) is 19.4 Å². The summed E-state index contributed by atoms with van der Waals surface area (Å²) in [7, 11) is 0. The third-order valence-corrected chi connectivity index (χ3v) is 3.74. The first kappa shape index (κ1) is 18.9. The van der Waals surface area contributed by atoms with Crippen molar-refractivity contribution in [1.29, 1.82) is 0 Å². The van der Waals surface area contributed by atoms with Gasteiger partial charge in [-0.15, -0.1) is 0 Å². The molecule has 1 saturated heterocycles. The Balaban J connectivity index is 2.71. The average molecular weight is 326 g/mol. The van der Waals surface area contributed by atoms with Crippen molar-refractivity contribution in [3.8, 4) is 0 Å². The van der Waals surface area contributed by atoms with Crippen LogP contribution in [0.15, 0.2) is 0 Å². The predicted molar refractivity (Wildman–Crippen MR) is 84.0 cm³/mol. The number of rotatable bonds is 7. The predicted octanol–water partition coefficient (Wildman–Crippen LogP) is -0.870. The molecule has 0 aromatic rings. The van der Waals surface area contributed by atoms with Crippen molar-refractivity contribution in [2.75, 3.05) is 13.1 Å². The van der Waals surface area contributed by atoms with Gasteiger partial charge in [0, 0.05) is 13.5 Å². The van der Waals surface area contributed by atoms with Crippen LogP contribution in [0.3, 0.4) is 0 Å². The SMILES string of the molecule is CC(=O)N1CCC[C@H]1C(=O)N[C@@H](CC(C)C)C(=O)NCC(N)=O. The second-order valence-electron chi connectivity index (χ2n) is 6.25. The lowest BCUT2D eigenvalue weighted by molar-refractivity contribution is -0.138. The van der Waals surface area contributed by atoms with Gasteiger partial charge in [-0.1, -0.05) is 13.8 Å². The van der Waals surface area contributed by atoms with E-state index in [-0.39, 0.29) is 24.3 Å². The number of nitrogens with one attached hydrogen (secondary N) is 2. The summed E-state index contributed by atoms with van der Waals surface area (Å²) >= 11 is 0. The molecule has 130 valence electrons. The fourth-order valence-electron chi connectivity index (χ4n) is 2.68. The topological polar surface area (TPSA) is 122 Å². The van der Waals surface area contributed by atoms with Gasteiger partial charge >= 0.3 is 0 Å². The highest BCUT2D eigenvalue weighted by atomic mass is 16.2. The van der Waals surface area contributed by atoms with E-state index in [9.17, 15) is 19.2 Å². The van der Waals surface area contributed by atoms with E-state index in [0.717, 1.165) is 6.42 Å². The van der Waals surface area contributed by atoms with Crippen LogP contribution in [0, 0.1) is 5.92 Å². The molecule has 8 nitrogen and oxygen atoms in total. The fourth-order valence-corrected chi connectivity index (χ4v) is 2.68. The monoisotopic (exact) mass is 326 g/mol. The maximum Gasteiger partial charge on any atom is 0.243 e. The third-order valence-electron chi connectivity index (χ3n) is 3.74. The maximum absolute atomic E-state index is 12.4. The van der Waals surface area contributed by atoms with Gasteiger partial charge in [0.05, 0.1) is 6.54 Å². The molecule has 4 amide bonds. The molecule has 0 radical (unpaired) electrons. The number of primary amides is 1. The van der Waals surface area contributed by atoms with E-state index in [2.05, 4.69) is 10.6 Å². The minimum Gasteiger partial charge on any atom is -0.368 e. The van der Waals surface area contributed by atoms with E-state index < -0.39 is 23.9 Å². The molecule has 1 fully saturated rings. The summed E-state index contributed by atoms with van der Waals surface area (Å²) in [6, 6.07) is -1.29. The second-order valence-corrected chi connectivity index (χ2v) is 6.25. The highest BCUT2D eigenvalue weighted by Crippen LogP contribution is 2.18. The number of carbonyl (C=O) groups is 4. The van der Waals surface area contributed by atoms with Crippen molar-refractivity contribution in [1.82, 2.24) is 15.5 Å². The Morgan fingerprint density at radius 3 is 2.43 bits per heavy atom. The van der Waals surface area contributed by atoms with E-state index in [4.69, 9.17) is 5.73 Å². The molecule has 0 aliphatic carbocycles. The van der Waals surface area contributed by atoms with Crippen molar-refractivity contribution >= 4 is 23.6 Å². The number of carbonyl (C=O) groups excluding carboxylic acids is 4. The summed E-state index contributed by atoms with van der Waals surface area (Å²) in [5.74, 6) is -1.41. The molecule has 1 rings (SSSR count). The van der Waals surface area contributed by atoms with Gasteiger partial charge in [0.15, 0.2) is 0 Å². The van der Waals surface area contributed by atoms with Crippen LogP contribution in [0.5, 0.6) is 0 Å². The van der Waals surface area contributed by atoms with Gasteiger partial charge in [0.1, 0.15) is 12.1 Å². The summed E-state index contributed by atoms with van der Waals surface area (Å²) < 4.78 is 0. The van der Waals surface area contributed by atoms with Crippen molar-refractivity contribution < 1.29 is 19.2 Å². The molecule has 0 saturated carbocycles. The largest absolute Gasteiger partial charge is 0.368 e. The number of amides is 4. The van der Waals surface area contributed by atoms with Crippen LogP contribution in [0.1, 0.15) is 40.0 Å². The molecule has 0 bridgehead atoms. The molecular weight excluding hydrogens is 300 g/mol. The summed E-state index contributed by atoms with van der Waals surface area (Å²) in [4.78, 5) is 48.4. The Morgan fingerprint density at radius 2 is 1.91 bits per heavy atom. The molecule has 1 heterocycles. The van der Waals surface area contributed by atoms with Gasteiger partial charge in [-0.05, 0) is 25.2 Å². The molecule has 8 heteroatoms. The molecule has 0 aromatic carbocycles. The smallest absolute Gasteiger partial charge is 0.243 e. The molecule has 0 aromatic heterocycles. The Bertz CT molecular complexity index is 478. The first-order valence-electron chi connectivity index (χ1n) is 7.86. The Morgan fingerprint density at radius 1 is 1.26 bits per heavy atom. The number of hydrogen-bond donors (Lipinski definition) is 3. The van der Waals surface area contributed by atoms with Crippen LogP contribution in [-0.4, -0.2) is 53.7 Å². The minimum absolute atomic E-state index is 0.152. The minimum atomic E-state index is -0.753. The zero-order valence-electron chi connectivity index (χ0n) is 13.9. The van der Waals surface area contributed by atoms with Crippen LogP contribution >= 0.6 is 0 Å². The number of likely N-dealkylation sites (tertiary alicyclic amines) is 1. The standard InChI is InChI=1S/C15H26N4O4/c1-9(2)7-11(14(22)17-8-13(16)21)18-15(23)12-5-4-6-19(12)10(3)20/h9,11-12H,4-8H2,1-3H3,(H2,16,21)(H,17,22)(H,18,23)/t11-,12-/m0/s1. The Labute approximate surface area is 136 Å². The van der Waals surface area contributed by atoms with E-state index >= 15 is 0 Å². The lowest BCUT2D eigenvalue weighted by atomic mass is 10.0. The van der Waals surface area contributed by atoms with Gasteiger partial charge in [0.25, 0.3) is 0 Å². The maximum atomic E-state index is 12.4. The molecule has 1 aliphatic rings. The zero-order chi connectivity index (χ0) is 17.6. The van der Waals surface area contributed by atoms with E-state index in [1.807, 2.05) is 13.8 Å². The zero-order valence-corrected chi connectivity index (χ0v) is 13.9. The normalized spacial score (nSPS) is 18.6. The van der Waals surface area contributed by atoms with E-state index in [1.54, 1.807) is 0 Å². The molecule has 0 spiro atoms. The molecule has 1 aliphatic heterocycles. The second kappa shape index (κ2) is 8.50. The third kappa shape index (κ3) is 5.88. The summed E-state index contributed by atoms with van der Waals surface area (Å²) in [6.07, 6.45) is 1.78. The van der Waals surface area contributed by atoms with Crippen molar-refractivity contribution in [3.05, 3.63) is 0 Å². The Kier molecular flexibility index (Phi) is 6.99. The van der Waals surface area contributed by atoms with Crippen LogP contribution in [0.25, 0.3) is 0 Å². The molecular formula is C15H26N4O4. The van der Waals surface area contributed by atoms with Crippen LogP contribution in [0.2, 0.25) is 0 Å². The molecule has 2 atom stereocenters. The summed E-state index contributed by atoms with van der Waals surface area (Å²) in [6.45, 7) is 5.56. The van der Waals surface area contributed by atoms with Gasteiger partial charge < -0.3 is 21.3 Å². The van der Waals surface area contributed by atoms with Crippen LogP contribution in [-0.2, 0) is 19.2 Å². The summed E-state index contributed by atoms with van der Waals surface area (Å²) in [5, 5.41) is 5.11. The van der Waals surface area contributed by atoms with E-state index in [1.165, 1.54) is 11.8 Å². The molecule has 0 unspecified atom stereocenters. The van der Waals surface area contributed by atoms with Gasteiger partial charge in [-0.3, -0.25) is 19.2 Å². The number of nitrogens with zero attached hydrogens (tertiary/aromatic N) is 1. The Hall–Kier alpha value is -2.12. The van der Waals surface area contributed by atoms with Gasteiger partial charge in [-0.25, -0.2) is 0 Å². The van der Waals surface area contributed by atoms with Crippen molar-refractivity contribution in [3.63, 3.8) is 0 Å². The molecule has 23 heavy (non-hydrogen) atoms. The van der Waals surface area contributed by atoms with Crippen molar-refractivity contribution in [2.45, 2.75) is 52.1 Å². The van der Waals surface area contributed by atoms with Gasteiger partial charge in [0.2, 0.25) is 23.6 Å². The number of nitrogens with two attached hydrogens (primary N) is 1. The first-order chi connectivity index (χ1) is 10.7. The highest BCUT2D eigenvalue weighted by Gasteiger charge is 2.34. The lowest BCUT2D eigenvalue weighted by Gasteiger charge is -2.26. The highest BCUT2D eigenvalue weighted by molar-refractivity contribution is 5.93. The average Bonchev–Trinajstić information content (AvgIpc) is 2.93. The first-order valence-corrected chi connectivity index (χ1v) is 7.86. The molecule has 4 N–H and O–H groups in total. The van der Waals surface area contributed by atoms with Crippen LogP contribution < -0.4 is 16.4 Å². The lowest BCUT2D eigenvalue weighted by Crippen LogP contribution is -2.54. The fraction of sp³-hybridized carbons (Fsp3) is 0.733.